The van der Waals surface area contributed by atoms with Gasteiger partial charge in [0.15, 0.2) is 0 Å². The first kappa shape index (κ1) is 16.7. The van der Waals surface area contributed by atoms with Crippen molar-refractivity contribution >= 4 is 61.2 Å². The summed E-state index contributed by atoms with van der Waals surface area (Å²) >= 11 is 3.59. The molecular weight excluding hydrogens is 452 g/mol. The number of hydrogen-bond donors (Lipinski definition) is 1. The molecule has 1 fully saturated rings. The quantitative estimate of drug-likeness (QED) is 0.430. The van der Waals surface area contributed by atoms with Crippen LogP contribution >= 0.6 is 33.9 Å². The third-order valence-corrected chi connectivity index (χ3v) is 6.16. The van der Waals surface area contributed by atoms with E-state index in [-0.39, 0.29) is 11.9 Å². The second kappa shape index (κ2) is 6.87. The number of hydrogen-bond acceptors (Lipinski definition) is 4. The van der Waals surface area contributed by atoms with Crippen LogP contribution in [-0.2, 0) is 4.79 Å². The van der Waals surface area contributed by atoms with Crippen molar-refractivity contribution in [2.45, 2.75) is 18.9 Å². The van der Waals surface area contributed by atoms with Crippen molar-refractivity contribution in [1.82, 2.24) is 9.88 Å². The number of rotatable bonds is 4. The number of nitrogens with one attached hydrogen (secondary N) is 1. The summed E-state index contributed by atoms with van der Waals surface area (Å²) in [4.78, 5) is 18.6. The Morgan fingerprint density at radius 3 is 3.08 bits per heavy atom. The minimum Gasteiger partial charge on any atom is -0.344 e. The number of carbonyl (C=O) groups excluding carboxylic acids is 1. The fraction of sp³-hybridized carbons (Fsp3) is 0.222. The fourth-order valence-electron chi connectivity index (χ4n) is 3.31. The highest BCUT2D eigenvalue weighted by molar-refractivity contribution is 14.1. The lowest BCUT2D eigenvalue weighted by atomic mass is 10.0. The van der Waals surface area contributed by atoms with Crippen LogP contribution in [0, 0.1) is 9.39 Å². The number of nitrogens with zero attached hydrogens (tertiary/aromatic N) is 2. The zero-order valence-electron chi connectivity index (χ0n) is 13.2. The lowest BCUT2D eigenvalue weighted by Gasteiger charge is -2.21. The van der Waals surface area contributed by atoms with Gasteiger partial charge in [0.2, 0.25) is 6.41 Å². The maximum Gasteiger partial charge on any atom is 0.210 e. The minimum absolute atomic E-state index is 0.00450. The molecule has 0 aliphatic carbocycles. The van der Waals surface area contributed by atoms with E-state index >= 15 is 0 Å². The van der Waals surface area contributed by atoms with E-state index in [2.05, 4.69) is 32.9 Å². The molecule has 1 aliphatic heterocycles. The number of pyridine rings is 1. The molecule has 4 nitrogen and oxygen atoms in total. The predicted molar refractivity (Wildman–Crippen MR) is 107 cm³/mol. The van der Waals surface area contributed by atoms with E-state index in [0.717, 1.165) is 50.1 Å². The first-order chi connectivity index (χ1) is 12.2. The third-order valence-electron chi connectivity index (χ3n) is 4.45. The predicted octanol–water partition coefficient (Wildman–Crippen LogP) is 5.08. The van der Waals surface area contributed by atoms with Crippen LogP contribution < -0.4 is 5.32 Å². The summed E-state index contributed by atoms with van der Waals surface area (Å²) in [6, 6.07) is 9.03. The molecule has 0 bridgehead atoms. The van der Waals surface area contributed by atoms with Crippen molar-refractivity contribution in [3.8, 4) is 0 Å². The molecule has 1 amide bonds. The zero-order valence-corrected chi connectivity index (χ0v) is 16.2. The molecule has 1 N–H and O–H groups in total. The highest BCUT2D eigenvalue weighted by atomic mass is 127. The topological polar surface area (TPSA) is 45.2 Å². The van der Waals surface area contributed by atoms with Gasteiger partial charge < -0.3 is 10.2 Å². The largest absolute Gasteiger partial charge is 0.344 e. The molecule has 1 atom stereocenters. The van der Waals surface area contributed by atoms with Crippen LogP contribution in [0.15, 0.2) is 36.5 Å². The van der Waals surface area contributed by atoms with Crippen molar-refractivity contribution in [3.05, 3.63) is 51.5 Å². The average Bonchev–Trinajstić information content (AvgIpc) is 3.20. The lowest BCUT2D eigenvalue weighted by molar-refractivity contribution is -0.118. The van der Waals surface area contributed by atoms with Crippen molar-refractivity contribution in [2.75, 3.05) is 11.9 Å². The average molecular weight is 467 g/mol. The van der Waals surface area contributed by atoms with Gasteiger partial charge in [-0.1, -0.05) is 11.3 Å². The Bertz CT molecular complexity index is 945. The van der Waals surface area contributed by atoms with Gasteiger partial charge in [0.1, 0.15) is 15.6 Å². The Kier molecular flexibility index (Phi) is 4.60. The summed E-state index contributed by atoms with van der Waals surface area (Å²) in [7, 11) is 0. The Hall–Kier alpha value is -1.74. The monoisotopic (exact) mass is 467 g/mol. The van der Waals surface area contributed by atoms with Crippen molar-refractivity contribution in [1.29, 1.82) is 0 Å². The van der Waals surface area contributed by atoms with E-state index in [9.17, 15) is 9.18 Å². The van der Waals surface area contributed by atoms with Gasteiger partial charge in [-0.2, -0.15) is 0 Å². The molecule has 3 aromatic rings. The van der Waals surface area contributed by atoms with Crippen molar-refractivity contribution in [2.24, 2.45) is 0 Å². The highest BCUT2D eigenvalue weighted by Gasteiger charge is 2.30. The first-order valence-corrected chi connectivity index (χ1v) is 9.87. The van der Waals surface area contributed by atoms with Crippen LogP contribution in [-0.4, -0.2) is 22.8 Å². The third kappa shape index (κ3) is 3.10. The summed E-state index contributed by atoms with van der Waals surface area (Å²) in [5.74, 6) is -0.290. The summed E-state index contributed by atoms with van der Waals surface area (Å²) < 4.78 is 15.1. The molecule has 25 heavy (non-hydrogen) atoms. The minimum atomic E-state index is -0.290. The molecular formula is C18H15FIN3OS. The smallest absolute Gasteiger partial charge is 0.210 e. The van der Waals surface area contributed by atoms with Crippen LogP contribution in [0.4, 0.5) is 15.1 Å². The summed E-state index contributed by atoms with van der Waals surface area (Å²) in [6.45, 7) is 0.753. The second-order valence-corrected chi connectivity index (χ2v) is 8.20. The van der Waals surface area contributed by atoms with Crippen molar-refractivity contribution in [3.63, 3.8) is 0 Å². The molecule has 1 aromatic carbocycles. The Balaban J connectivity index is 1.82. The SMILES string of the molecule is O=CN1CCCC1c1c(Nc2ccc(I)cc2F)sc2ncccc12. The van der Waals surface area contributed by atoms with Gasteiger partial charge in [0.25, 0.3) is 0 Å². The number of amides is 1. The van der Waals surface area contributed by atoms with E-state index in [1.807, 2.05) is 23.1 Å². The van der Waals surface area contributed by atoms with E-state index < -0.39 is 0 Å². The maximum atomic E-state index is 14.3. The van der Waals surface area contributed by atoms with Crippen LogP contribution in [0.3, 0.4) is 0 Å². The summed E-state index contributed by atoms with van der Waals surface area (Å²) in [5, 5.41) is 5.12. The normalized spacial score (nSPS) is 17.2. The molecule has 0 spiro atoms. The molecule has 7 heteroatoms. The van der Waals surface area contributed by atoms with Gasteiger partial charge in [-0.3, -0.25) is 4.79 Å². The van der Waals surface area contributed by atoms with Crippen LogP contribution in [0.5, 0.6) is 0 Å². The van der Waals surface area contributed by atoms with E-state index in [0.29, 0.717) is 5.69 Å². The van der Waals surface area contributed by atoms with E-state index in [1.165, 1.54) is 17.4 Å². The van der Waals surface area contributed by atoms with Crippen molar-refractivity contribution < 1.29 is 9.18 Å². The highest BCUT2D eigenvalue weighted by Crippen LogP contribution is 2.45. The van der Waals surface area contributed by atoms with E-state index in [1.54, 1.807) is 12.3 Å². The zero-order chi connectivity index (χ0) is 17.4. The molecule has 1 unspecified atom stereocenters. The maximum absolute atomic E-state index is 14.3. The Morgan fingerprint density at radius 1 is 1.40 bits per heavy atom. The number of halogens is 2. The number of thiophene rings is 1. The van der Waals surface area contributed by atoms with Crippen LogP contribution in [0.25, 0.3) is 10.2 Å². The first-order valence-electron chi connectivity index (χ1n) is 7.98. The molecule has 1 aliphatic rings. The van der Waals surface area contributed by atoms with Gasteiger partial charge in [-0.25, -0.2) is 9.37 Å². The second-order valence-electron chi connectivity index (χ2n) is 5.95. The number of carbonyl (C=O) groups is 1. The van der Waals surface area contributed by atoms with Gasteiger partial charge in [-0.15, -0.1) is 0 Å². The molecule has 0 saturated carbocycles. The number of likely N-dealkylation sites (tertiary alicyclic amines) is 1. The Morgan fingerprint density at radius 2 is 2.28 bits per heavy atom. The molecule has 0 radical (unpaired) electrons. The molecule has 1 saturated heterocycles. The molecule has 2 aromatic heterocycles. The summed E-state index contributed by atoms with van der Waals surface area (Å²) in [5.41, 5.74) is 1.47. The molecule has 4 rings (SSSR count). The number of fused-ring (bicyclic) bond motifs is 1. The summed E-state index contributed by atoms with van der Waals surface area (Å²) in [6.07, 6.45) is 4.54. The lowest BCUT2D eigenvalue weighted by Crippen LogP contribution is -2.21. The molecule has 3 heterocycles. The van der Waals surface area contributed by atoms with Crippen LogP contribution in [0.1, 0.15) is 24.4 Å². The van der Waals surface area contributed by atoms with Gasteiger partial charge in [0.05, 0.1) is 11.7 Å². The number of aromatic nitrogens is 1. The molecule has 128 valence electrons. The fourth-order valence-corrected chi connectivity index (χ4v) is 4.88. The van der Waals surface area contributed by atoms with Gasteiger partial charge in [-0.05, 0) is 65.8 Å². The van der Waals surface area contributed by atoms with Gasteiger partial charge in [0, 0.05) is 27.3 Å². The van der Waals surface area contributed by atoms with E-state index in [4.69, 9.17) is 0 Å². The van der Waals surface area contributed by atoms with Gasteiger partial charge >= 0.3 is 0 Å². The Labute approximate surface area is 162 Å². The number of anilines is 2. The standard InChI is InChI=1S/C18H15FIN3OS/c19-13-9-11(20)5-6-14(13)22-18-16(15-4-2-8-23(15)10-24)12-3-1-7-21-17(12)25-18/h1,3,5-7,9-10,15,22H,2,4,8H2. The van der Waals surface area contributed by atoms with Crippen LogP contribution in [0.2, 0.25) is 0 Å². The number of benzene rings is 1.